The van der Waals surface area contributed by atoms with Gasteiger partial charge in [0.25, 0.3) is 0 Å². The number of alkyl halides is 1. The van der Waals surface area contributed by atoms with E-state index in [4.69, 9.17) is 11.6 Å². The molecule has 0 unspecified atom stereocenters. The Labute approximate surface area is 105 Å². The predicted molar refractivity (Wildman–Crippen MR) is 71.4 cm³/mol. The molecule has 0 radical (unpaired) electrons. The van der Waals surface area contributed by atoms with Gasteiger partial charge >= 0.3 is 0 Å². The molecular weight excluding hydrogens is 240 g/mol. The number of hydrogen-bond acceptors (Lipinski definition) is 3. The van der Waals surface area contributed by atoms with Gasteiger partial charge in [0.05, 0.1) is 10.8 Å². The molecule has 0 N–H and O–H groups in total. The third kappa shape index (κ3) is 2.36. The predicted octanol–water partition coefficient (Wildman–Crippen LogP) is 3.61. The number of halogens is 1. The molecule has 2 aromatic rings. The number of thiazole rings is 1. The van der Waals surface area contributed by atoms with E-state index in [0.29, 0.717) is 5.88 Å². The van der Waals surface area contributed by atoms with Gasteiger partial charge in [0.2, 0.25) is 0 Å². The molecule has 0 aliphatic carbocycles. The third-order valence-corrected chi connectivity index (χ3v) is 3.79. The maximum absolute atomic E-state index is 5.74. The Bertz CT molecular complexity index is 462. The van der Waals surface area contributed by atoms with Gasteiger partial charge in [0, 0.05) is 26.0 Å². The molecule has 1 aromatic heterocycles. The van der Waals surface area contributed by atoms with Crippen molar-refractivity contribution in [2.75, 3.05) is 19.0 Å². The van der Waals surface area contributed by atoms with Crippen LogP contribution in [0, 0.1) is 0 Å². The molecule has 4 heteroatoms. The Morgan fingerprint density at radius 3 is 2.44 bits per heavy atom. The second kappa shape index (κ2) is 4.85. The molecule has 0 bridgehead atoms. The van der Waals surface area contributed by atoms with Crippen molar-refractivity contribution >= 4 is 28.6 Å². The Morgan fingerprint density at radius 1 is 1.25 bits per heavy atom. The molecule has 0 spiro atoms. The van der Waals surface area contributed by atoms with Crippen molar-refractivity contribution in [1.29, 1.82) is 0 Å². The van der Waals surface area contributed by atoms with Crippen LogP contribution in [0.15, 0.2) is 30.5 Å². The Balaban J connectivity index is 2.27. The monoisotopic (exact) mass is 252 g/mol. The van der Waals surface area contributed by atoms with Crippen molar-refractivity contribution in [2.45, 2.75) is 5.88 Å². The van der Waals surface area contributed by atoms with E-state index in [2.05, 4.69) is 34.1 Å². The minimum absolute atomic E-state index is 0.487. The van der Waals surface area contributed by atoms with Crippen LogP contribution in [0.4, 0.5) is 5.69 Å². The highest BCUT2D eigenvalue weighted by Crippen LogP contribution is 2.28. The highest BCUT2D eigenvalue weighted by atomic mass is 35.5. The van der Waals surface area contributed by atoms with Crippen molar-refractivity contribution in [3.05, 3.63) is 35.5 Å². The van der Waals surface area contributed by atoms with Crippen LogP contribution in [-0.4, -0.2) is 19.1 Å². The smallest absolute Gasteiger partial charge is 0.108 e. The average molecular weight is 253 g/mol. The van der Waals surface area contributed by atoms with E-state index >= 15 is 0 Å². The quantitative estimate of drug-likeness (QED) is 0.776. The summed E-state index contributed by atoms with van der Waals surface area (Å²) in [6.07, 6.45) is 1.88. The summed E-state index contributed by atoms with van der Waals surface area (Å²) in [6.45, 7) is 0. The first-order valence-corrected chi connectivity index (χ1v) is 6.34. The summed E-state index contributed by atoms with van der Waals surface area (Å²) in [5, 5.41) is 0.966. The SMILES string of the molecule is CN(C)c1ccc(-c2cnc(CCl)s2)cc1. The van der Waals surface area contributed by atoms with Gasteiger partial charge in [0.15, 0.2) is 0 Å². The van der Waals surface area contributed by atoms with E-state index in [1.165, 1.54) is 16.1 Å². The first-order chi connectivity index (χ1) is 7.70. The largest absolute Gasteiger partial charge is 0.378 e. The molecule has 0 fully saturated rings. The Morgan fingerprint density at radius 2 is 1.94 bits per heavy atom. The van der Waals surface area contributed by atoms with Crippen molar-refractivity contribution in [3.63, 3.8) is 0 Å². The van der Waals surface area contributed by atoms with Crippen molar-refractivity contribution < 1.29 is 0 Å². The van der Waals surface area contributed by atoms with Crippen LogP contribution in [0.5, 0.6) is 0 Å². The fourth-order valence-corrected chi connectivity index (χ4v) is 2.44. The molecule has 2 rings (SSSR count). The van der Waals surface area contributed by atoms with Crippen molar-refractivity contribution in [1.82, 2.24) is 4.98 Å². The molecule has 0 amide bonds. The average Bonchev–Trinajstić information content (AvgIpc) is 2.77. The van der Waals surface area contributed by atoms with Crippen LogP contribution >= 0.6 is 22.9 Å². The molecule has 0 aliphatic rings. The molecule has 0 aliphatic heterocycles. The van der Waals surface area contributed by atoms with Gasteiger partial charge in [0.1, 0.15) is 5.01 Å². The molecule has 1 aromatic carbocycles. The second-order valence-electron chi connectivity index (χ2n) is 3.69. The summed E-state index contributed by atoms with van der Waals surface area (Å²) >= 11 is 7.38. The molecule has 16 heavy (non-hydrogen) atoms. The maximum Gasteiger partial charge on any atom is 0.108 e. The van der Waals surface area contributed by atoms with Crippen molar-refractivity contribution in [2.24, 2.45) is 0 Å². The van der Waals surface area contributed by atoms with E-state index in [0.717, 1.165) is 5.01 Å². The summed E-state index contributed by atoms with van der Waals surface area (Å²) in [5.74, 6) is 0.487. The van der Waals surface area contributed by atoms with Crippen LogP contribution in [-0.2, 0) is 5.88 Å². The van der Waals surface area contributed by atoms with Gasteiger partial charge in [-0.3, -0.25) is 0 Å². The highest BCUT2D eigenvalue weighted by Gasteiger charge is 2.03. The van der Waals surface area contributed by atoms with Gasteiger partial charge in [-0.15, -0.1) is 22.9 Å². The number of benzene rings is 1. The van der Waals surface area contributed by atoms with E-state index in [1.807, 2.05) is 20.3 Å². The normalized spacial score (nSPS) is 10.4. The molecule has 0 saturated heterocycles. The van der Waals surface area contributed by atoms with Gasteiger partial charge in [-0.25, -0.2) is 4.98 Å². The number of anilines is 1. The van der Waals surface area contributed by atoms with E-state index < -0.39 is 0 Å². The highest BCUT2D eigenvalue weighted by molar-refractivity contribution is 7.15. The molecule has 1 heterocycles. The van der Waals surface area contributed by atoms with Gasteiger partial charge < -0.3 is 4.90 Å². The molecule has 84 valence electrons. The van der Waals surface area contributed by atoms with Gasteiger partial charge in [-0.1, -0.05) is 12.1 Å². The third-order valence-electron chi connectivity index (χ3n) is 2.34. The molecule has 0 saturated carbocycles. The molecule has 2 nitrogen and oxygen atoms in total. The van der Waals surface area contributed by atoms with Crippen LogP contribution in [0.2, 0.25) is 0 Å². The van der Waals surface area contributed by atoms with Crippen molar-refractivity contribution in [3.8, 4) is 10.4 Å². The summed E-state index contributed by atoms with van der Waals surface area (Å²) in [7, 11) is 4.07. The first-order valence-electron chi connectivity index (χ1n) is 4.99. The summed E-state index contributed by atoms with van der Waals surface area (Å²) < 4.78 is 0. The zero-order chi connectivity index (χ0) is 11.5. The zero-order valence-electron chi connectivity index (χ0n) is 9.27. The summed E-state index contributed by atoms with van der Waals surface area (Å²) in [4.78, 5) is 7.50. The van der Waals surface area contributed by atoms with Gasteiger partial charge in [-0.2, -0.15) is 0 Å². The Hall–Kier alpha value is -1.06. The van der Waals surface area contributed by atoms with E-state index in [-0.39, 0.29) is 0 Å². The zero-order valence-corrected chi connectivity index (χ0v) is 10.8. The first kappa shape index (κ1) is 11.4. The van der Waals surface area contributed by atoms with Crippen LogP contribution in [0.3, 0.4) is 0 Å². The lowest BCUT2D eigenvalue weighted by atomic mass is 10.2. The molecular formula is C12H13ClN2S. The minimum atomic E-state index is 0.487. The van der Waals surface area contributed by atoms with Crippen LogP contribution in [0.1, 0.15) is 5.01 Å². The lowest BCUT2D eigenvalue weighted by Crippen LogP contribution is -2.07. The molecule has 0 atom stereocenters. The summed E-state index contributed by atoms with van der Waals surface area (Å²) in [6, 6.07) is 8.44. The summed E-state index contributed by atoms with van der Waals surface area (Å²) in [5.41, 5.74) is 2.39. The fraction of sp³-hybridized carbons (Fsp3) is 0.250. The van der Waals surface area contributed by atoms with Crippen LogP contribution < -0.4 is 4.90 Å². The lowest BCUT2D eigenvalue weighted by molar-refractivity contribution is 1.13. The Kier molecular flexibility index (Phi) is 3.46. The number of rotatable bonds is 3. The topological polar surface area (TPSA) is 16.1 Å². The maximum atomic E-state index is 5.74. The standard InChI is InChI=1S/C12H13ClN2S/c1-15(2)10-5-3-9(4-6-10)11-8-14-12(7-13)16-11/h3-6,8H,7H2,1-2H3. The van der Waals surface area contributed by atoms with Gasteiger partial charge in [-0.05, 0) is 17.7 Å². The second-order valence-corrected chi connectivity index (χ2v) is 5.08. The van der Waals surface area contributed by atoms with E-state index in [9.17, 15) is 0 Å². The van der Waals surface area contributed by atoms with E-state index in [1.54, 1.807) is 11.3 Å². The van der Waals surface area contributed by atoms with Crippen LogP contribution in [0.25, 0.3) is 10.4 Å². The lowest BCUT2D eigenvalue weighted by Gasteiger charge is -2.12. The fourth-order valence-electron chi connectivity index (χ4n) is 1.43. The number of hydrogen-bond donors (Lipinski definition) is 0. The number of nitrogens with zero attached hydrogens (tertiary/aromatic N) is 2. The number of aromatic nitrogens is 1. The minimum Gasteiger partial charge on any atom is -0.378 e.